The van der Waals surface area contributed by atoms with Crippen LogP contribution in [0.1, 0.15) is 34.3 Å². The summed E-state index contributed by atoms with van der Waals surface area (Å²) in [6.07, 6.45) is 5.69. The summed E-state index contributed by atoms with van der Waals surface area (Å²) in [5.74, 6) is 1.49. The molecule has 2 aromatic rings. The van der Waals surface area contributed by atoms with Gasteiger partial charge >= 0.3 is 0 Å². The third-order valence-corrected chi connectivity index (χ3v) is 5.62. The summed E-state index contributed by atoms with van der Waals surface area (Å²) in [5, 5.41) is 0. The van der Waals surface area contributed by atoms with E-state index >= 15 is 0 Å². The van der Waals surface area contributed by atoms with Crippen molar-refractivity contribution in [3.8, 4) is 11.5 Å². The molecule has 0 atom stereocenters. The fraction of sp³-hybridized carbons (Fsp3) is 0.429. The SMILES string of the molecule is COc1cc2c(cc1OC)C1(CCN(C(=O)c3cccnc3)CC1)OCC2. The van der Waals surface area contributed by atoms with E-state index in [9.17, 15) is 4.79 Å². The number of fused-ring (bicyclic) bond motifs is 2. The first-order chi connectivity index (χ1) is 13.2. The van der Waals surface area contributed by atoms with E-state index in [1.165, 1.54) is 11.1 Å². The molecule has 27 heavy (non-hydrogen) atoms. The van der Waals surface area contributed by atoms with Gasteiger partial charge in [0.25, 0.3) is 5.91 Å². The molecule has 142 valence electrons. The minimum absolute atomic E-state index is 0.0290. The zero-order valence-corrected chi connectivity index (χ0v) is 15.7. The van der Waals surface area contributed by atoms with Crippen LogP contribution in [-0.2, 0) is 16.8 Å². The van der Waals surface area contributed by atoms with Crippen LogP contribution in [0.3, 0.4) is 0 Å². The lowest BCUT2D eigenvalue weighted by Gasteiger charge is -2.45. The monoisotopic (exact) mass is 368 g/mol. The van der Waals surface area contributed by atoms with Gasteiger partial charge in [-0.3, -0.25) is 9.78 Å². The average Bonchev–Trinajstić information content (AvgIpc) is 2.74. The number of amides is 1. The van der Waals surface area contributed by atoms with Crippen molar-refractivity contribution in [1.82, 2.24) is 9.88 Å². The molecule has 0 radical (unpaired) electrons. The Bertz CT molecular complexity index is 830. The van der Waals surface area contributed by atoms with Gasteiger partial charge in [-0.2, -0.15) is 0 Å². The van der Waals surface area contributed by atoms with Crippen LogP contribution < -0.4 is 9.47 Å². The molecule has 1 saturated heterocycles. The lowest BCUT2D eigenvalue weighted by atomic mass is 9.79. The van der Waals surface area contributed by atoms with Crippen molar-refractivity contribution in [2.75, 3.05) is 33.9 Å². The lowest BCUT2D eigenvalue weighted by molar-refractivity contribution is -0.0936. The number of hydrogen-bond donors (Lipinski definition) is 0. The molecule has 1 aromatic carbocycles. The van der Waals surface area contributed by atoms with Gasteiger partial charge in [-0.1, -0.05) is 0 Å². The number of carbonyl (C=O) groups is 1. The van der Waals surface area contributed by atoms with Gasteiger partial charge in [-0.05, 0) is 54.7 Å². The topological polar surface area (TPSA) is 60.9 Å². The number of aromatic nitrogens is 1. The largest absolute Gasteiger partial charge is 0.493 e. The number of hydrogen-bond acceptors (Lipinski definition) is 5. The van der Waals surface area contributed by atoms with E-state index in [4.69, 9.17) is 14.2 Å². The molecule has 1 amide bonds. The molecule has 6 nitrogen and oxygen atoms in total. The van der Waals surface area contributed by atoms with Gasteiger partial charge in [-0.25, -0.2) is 0 Å². The van der Waals surface area contributed by atoms with Gasteiger partial charge in [0.1, 0.15) is 0 Å². The smallest absolute Gasteiger partial charge is 0.255 e. The molecule has 1 spiro atoms. The molecular formula is C21H24N2O4. The summed E-state index contributed by atoms with van der Waals surface area (Å²) in [6, 6.07) is 7.71. The van der Waals surface area contributed by atoms with Crippen LogP contribution >= 0.6 is 0 Å². The van der Waals surface area contributed by atoms with Crippen LogP contribution in [0, 0.1) is 0 Å². The highest BCUT2D eigenvalue weighted by molar-refractivity contribution is 5.93. The Balaban J connectivity index is 1.58. The molecule has 0 bridgehead atoms. The second-order valence-electron chi connectivity index (χ2n) is 6.99. The number of rotatable bonds is 3. The molecule has 2 aliphatic rings. The predicted octanol–water partition coefficient (Wildman–Crippen LogP) is 2.80. The van der Waals surface area contributed by atoms with Gasteiger partial charge in [0, 0.05) is 25.5 Å². The van der Waals surface area contributed by atoms with Crippen molar-refractivity contribution >= 4 is 5.91 Å². The van der Waals surface area contributed by atoms with Gasteiger partial charge < -0.3 is 19.1 Å². The first-order valence-corrected chi connectivity index (χ1v) is 9.25. The standard InChI is InChI=1S/C21H24N2O4/c1-25-18-12-15-5-11-27-21(17(15)13-19(18)26-2)6-9-23(10-7-21)20(24)16-4-3-8-22-14-16/h3-4,8,12-14H,5-7,9-11H2,1-2H3. The van der Waals surface area contributed by atoms with Gasteiger partial charge in [0.2, 0.25) is 0 Å². The average molecular weight is 368 g/mol. The van der Waals surface area contributed by atoms with Crippen LogP contribution in [-0.4, -0.2) is 49.7 Å². The first kappa shape index (κ1) is 17.8. The molecule has 0 N–H and O–H groups in total. The van der Waals surface area contributed by atoms with E-state index < -0.39 is 0 Å². The Morgan fingerprint density at radius 2 is 1.93 bits per heavy atom. The summed E-state index contributed by atoms with van der Waals surface area (Å²) in [5.41, 5.74) is 2.68. The molecule has 2 aliphatic heterocycles. The molecule has 0 saturated carbocycles. The van der Waals surface area contributed by atoms with E-state index in [2.05, 4.69) is 11.1 Å². The Morgan fingerprint density at radius 1 is 1.19 bits per heavy atom. The Kier molecular flexibility index (Phi) is 4.74. The van der Waals surface area contributed by atoms with E-state index in [0.29, 0.717) is 25.3 Å². The zero-order valence-electron chi connectivity index (χ0n) is 15.7. The third-order valence-electron chi connectivity index (χ3n) is 5.62. The Labute approximate surface area is 159 Å². The molecule has 6 heteroatoms. The molecular weight excluding hydrogens is 344 g/mol. The second-order valence-corrected chi connectivity index (χ2v) is 6.99. The summed E-state index contributed by atoms with van der Waals surface area (Å²) in [7, 11) is 3.30. The summed E-state index contributed by atoms with van der Waals surface area (Å²) < 4.78 is 17.2. The number of benzene rings is 1. The Morgan fingerprint density at radius 3 is 2.59 bits per heavy atom. The number of pyridine rings is 1. The highest BCUT2D eigenvalue weighted by Gasteiger charge is 2.42. The van der Waals surface area contributed by atoms with E-state index in [1.807, 2.05) is 17.0 Å². The predicted molar refractivity (Wildman–Crippen MR) is 100 cm³/mol. The van der Waals surface area contributed by atoms with Crippen LogP contribution in [0.2, 0.25) is 0 Å². The second kappa shape index (κ2) is 7.19. The number of methoxy groups -OCH3 is 2. The van der Waals surface area contributed by atoms with Crippen LogP contribution in [0.25, 0.3) is 0 Å². The highest BCUT2D eigenvalue weighted by atomic mass is 16.5. The number of ether oxygens (including phenoxy) is 3. The number of piperidine rings is 1. The minimum atomic E-state index is -0.362. The summed E-state index contributed by atoms with van der Waals surface area (Å²) >= 11 is 0. The third kappa shape index (κ3) is 3.14. The first-order valence-electron chi connectivity index (χ1n) is 9.25. The van der Waals surface area contributed by atoms with Gasteiger partial charge in [-0.15, -0.1) is 0 Å². The van der Waals surface area contributed by atoms with Crippen molar-refractivity contribution in [1.29, 1.82) is 0 Å². The minimum Gasteiger partial charge on any atom is -0.493 e. The van der Waals surface area contributed by atoms with Crippen molar-refractivity contribution in [2.45, 2.75) is 24.9 Å². The van der Waals surface area contributed by atoms with Gasteiger partial charge in [0.15, 0.2) is 11.5 Å². The molecule has 0 unspecified atom stereocenters. The molecule has 1 fully saturated rings. The molecule has 1 aromatic heterocycles. The maximum Gasteiger partial charge on any atom is 0.255 e. The van der Waals surface area contributed by atoms with Crippen molar-refractivity contribution < 1.29 is 19.0 Å². The fourth-order valence-electron chi connectivity index (χ4n) is 4.14. The number of nitrogens with zero attached hydrogens (tertiary/aromatic N) is 2. The number of likely N-dealkylation sites (tertiary alicyclic amines) is 1. The van der Waals surface area contributed by atoms with E-state index in [1.54, 1.807) is 32.7 Å². The van der Waals surface area contributed by atoms with Crippen molar-refractivity contribution in [3.05, 3.63) is 53.3 Å². The van der Waals surface area contributed by atoms with Crippen molar-refractivity contribution in [3.63, 3.8) is 0 Å². The normalized spacial score (nSPS) is 18.1. The van der Waals surface area contributed by atoms with Crippen LogP contribution in [0.4, 0.5) is 0 Å². The summed E-state index contributed by atoms with van der Waals surface area (Å²) in [6.45, 7) is 1.99. The maximum atomic E-state index is 12.7. The molecule has 3 heterocycles. The van der Waals surface area contributed by atoms with Crippen LogP contribution in [0.5, 0.6) is 11.5 Å². The van der Waals surface area contributed by atoms with Crippen molar-refractivity contribution in [2.24, 2.45) is 0 Å². The Hall–Kier alpha value is -2.60. The molecule has 4 rings (SSSR count). The number of carbonyl (C=O) groups excluding carboxylic acids is 1. The fourth-order valence-corrected chi connectivity index (χ4v) is 4.14. The molecule has 0 aliphatic carbocycles. The summed E-state index contributed by atoms with van der Waals surface area (Å²) in [4.78, 5) is 18.6. The quantitative estimate of drug-likeness (QED) is 0.834. The highest BCUT2D eigenvalue weighted by Crippen LogP contribution is 2.45. The van der Waals surface area contributed by atoms with E-state index in [0.717, 1.165) is 30.8 Å². The van der Waals surface area contributed by atoms with Crippen LogP contribution in [0.15, 0.2) is 36.7 Å². The van der Waals surface area contributed by atoms with Gasteiger partial charge in [0.05, 0.1) is 32.0 Å². The zero-order chi connectivity index (χ0) is 18.9. The maximum absolute atomic E-state index is 12.7. The lowest BCUT2D eigenvalue weighted by Crippen LogP contribution is -2.48. The van der Waals surface area contributed by atoms with E-state index in [-0.39, 0.29) is 11.5 Å².